The lowest BCUT2D eigenvalue weighted by Crippen LogP contribution is -2.34. The molecule has 34 heavy (non-hydrogen) atoms. The predicted molar refractivity (Wildman–Crippen MR) is 137 cm³/mol. The number of nitrogens with zero attached hydrogens (tertiary/aromatic N) is 1. The Bertz CT molecular complexity index is 938. The zero-order valence-corrected chi connectivity index (χ0v) is 21.0. The van der Waals surface area contributed by atoms with Crippen LogP contribution in [0.2, 0.25) is 0 Å². The zero-order chi connectivity index (χ0) is 24.2. The van der Waals surface area contributed by atoms with E-state index in [1.54, 1.807) is 0 Å². The summed E-state index contributed by atoms with van der Waals surface area (Å²) in [5.74, 6) is 1.30. The molecule has 0 aliphatic carbocycles. The van der Waals surface area contributed by atoms with Gasteiger partial charge in [-0.1, -0.05) is 63.1 Å². The summed E-state index contributed by atoms with van der Waals surface area (Å²) in [6.45, 7) is 10.1. The van der Waals surface area contributed by atoms with Crippen molar-refractivity contribution in [1.29, 1.82) is 0 Å². The molecule has 0 aromatic heterocycles. The van der Waals surface area contributed by atoms with Crippen molar-refractivity contribution >= 4 is 11.5 Å². The summed E-state index contributed by atoms with van der Waals surface area (Å²) in [6.07, 6.45) is 4.93. The fraction of sp³-hybridized carbons (Fsp3) is 0.483. The molecule has 1 heterocycles. The van der Waals surface area contributed by atoms with Gasteiger partial charge in [-0.05, 0) is 55.0 Å². The first-order valence-electron chi connectivity index (χ1n) is 12.7. The molecule has 0 fully saturated rings. The number of carbonyl (C=O) groups excluding carboxylic acids is 1. The van der Waals surface area contributed by atoms with Gasteiger partial charge < -0.3 is 14.2 Å². The average Bonchev–Trinajstić information content (AvgIpc) is 2.86. The van der Waals surface area contributed by atoms with Crippen LogP contribution in [-0.4, -0.2) is 43.8 Å². The van der Waals surface area contributed by atoms with E-state index in [4.69, 9.17) is 14.2 Å². The van der Waals surface area contributed by atoms with Gasteiger partial charge in [0.25, 0.3) is 0 Å². The van der Waals surface area contributed by atoms with Crippen molar-refractivity contribution in [3.05, 3.63) is 65.2 Å². The Morgan fingerprint density at radius 3 is 2.29 bits per heavy atom. The average molecular weight is 466 g/mol. The van der Waals surface area contributed by atoms with E-state index >= 15 is 0 Å². The first kappa shape index (κ1) is 25.8. The summed E-state index contributed by atoms with van der Waals surface area (Å²) >= 11 is 0. The largest absolute Gasteiger partial charge is 0.490 e. The van der Waals surface area contributed by atoms with Crippen molar-refractivity contribution in [2.75, 3.05) is 32.9 Å². The Morgan fingerprint density at radius 2 is 1.62 bits per heavy atom. The molecular weight excluding hydrogens is 426 g/mol. The fourth-order valence-corrected chi connectivity index (χ4v) is 4.10. The standard InChI is InChI=1S/C29H39NO4/c1-4-7-18-33-27-15-14-24(20-28(27)34-19-8-5-2)25-16-17-30(21-23-12-10-9-11-13-23)22-26(25)29(31)32-6-3/h9-15,20H,4-8,16-19,21-22H2,1-3H3. The second-order valence-electron chi connectivity index (χ2n) is 8.69. The summed E-state index contributed by atoms with van der Waals surface area (Å²) in [7, 11) is 0. The first-order chi connectivity index (χ1) is 16.7. The van der Waals surface area contributed by atoms with Crippen molar-refractivity contribution in [2.45, 2.75) is 59.4 Å². The van der Waals surface area contributed by atoms with E-state index in [2.05, 4.69) is 49.1 Å². The lowest BCUT2D eigenvalue weighted by molar-refractivity contribution is -0.138. The van der Waals surface area contributed by atoms with Gasteiger partial charge in [0.05, 0.1) is 25.4 Å². The number of ether oxygens (including phenoxy) is 3. The molecule has 3 rings (SSSR count). The predicted octanol–water partition coefficient (Wildman–Crippen LogP) is 6.27. The highest BCUT2D eigenvalue weighted by atomic mass is 16.5. The van der Waals surface area contributed by atoms with Crippen LogP contribution < -0.4 is 9.47 Å². The maximum absolute atomic E-state index is 13.0. The van der Waals surface area contributed by atoms with Crippen molar-refractivity contribution in [1.82, 2.24) is 4.90 Å². The third-order valence-corrected chi connectivity index (χ3v) is 6.00. The third kappa shape index (κ3) is 7.36. The molecule has 0 N–H and O–H groups in total. The molecule has 0 amide bonds. The Morgan fingerprint density at radius 1 is 0.912 bits per heavy atom. The van der Waals surface area contributed by atoms with E-state index in [1.165, 1.54) is 5.56 Å². The van der Waals surface area contributed by atoms with Gasteiger partial charge in [-0.25, -0.2) is 4.79 Å². The minimum Gasteiger partial charge on any atom is -0.490 e. The van der Waals surface area contributed by atoms with Gasteiger partial charge >= 0.3 is 5.97 Å². The Labute approximate surface area is 204 Å². The van der Waals surface area contributed by atoms with E-state index in [-0.39, 0.29) is 5.97 Å². The molecule has 184 valence electrons. The number of hydrogen-bond donors (Lipinski definition) is 0. The lowest BCUT2D eigenvalue weighted by Gasteiger charge is -2.30. The molecule has 0 unspecified atom stereocenters. The molecule has 0 saturated heterocycles. The highest BCUT2D eigenvalue weighted by Crippen LogP contribution is 2.35. The van der Waals surface area contributed by atoms with Crippen LogP contribution in [0, 0.1) is 0 Å². The number of rotatable bonds is 13. The first-order valence-corrected chi connectivity index (χ1v) is 12.7. The summed E-state index contributed by atoms with van der Waals surface area (Å²) < 4.78 is 17.6. The van der Waals surface area contributed by atoms with Gasteiger partial charge in [-0.15, -0.1) is 0 Å². The number of unbranched alkanes of at least 4 members (excludes halogenated alkanes) is 2. The quantitative estimate of drug-likeness (QED) is 0.258. The van der Waals surface area contributed by atoms with Crippen molar-refractivity contribution in [2.24, 2.45) is 0 Å². The molecule has 0 atom stereocenters. The normalized spacial score (nSPS) is 14.2. The lowest BCUT2D eigenvalue weighted by atomic mass is 9.92. The van der Waals surface area contributed by atoms with E-state index < -0.39 is 0 Å². The molecule has 0 spiro atoms. The van der Waals surface area contributed by atoms with Crippen LogP contribution in [0.25, 0.3) is 5.57 Å². The smallest absolute Gasteiger partial charge is 0.335 e. The second-order valence-corrected chi connectivity index (χ2v) is 8.69. The SMILES string of the molecule is CCCCOc1ccc(C2=C(C(=O)OCC)CN(Cc3ccccc3)CC2)cc1OCCCC. The maximum atomic E-state index is 13.0. The van der Waals surface area contributed by atoms with Crippen LogP contribution in [0.15, 0.2) is 54.1 Å². The molecule has 1 aliphatic rings. The second kappa shape index (κ2) is 13.8. The summed E-state index contributed by atoms with van der Waals surface area (Å²) in [4.78, 5) is 15.3. The third-order valence-electron chi connectivity index (χ3n) is 6.00. The van der Waals surface area contributed by atoms with Crippen LogP contribution in [-0.2, 0) is 16.1 Å². The zero-order valence-electron chi connectivity index (χ0n) is 21.0. The van der Waals surface area contributed by atoms with Crippen LogP contribution in [0.1, 0.15) is 64.0 Å². The van der Waals surface area contributed by atoms with E-state index in [0.29, 0.717) is 26.4 Å². The topological polar surface area (TPSA) is 48.0 Å². The Balaban J connectivity index is 1.88. The number of benzene rings is 2. The van der Waals surface area contributed by atoms with Crippen LogP contribution in [0.3, 0.4) is 0 Å². The summed E-state index contributed by atoms with van der Waals surface area (Å²) in [5, 5.41) is 0. The number of hydrogen-bond acceptors (Lipinski definition) is 5. The Kier molecular flexibility index (Phi) is 10.5. The molecule has 1 aliphatic heterocycles. The molecule has 2 aromatic carbocycles. The number of carbonyl (C=O) groups is 1. The highest BCUT2D eigenvalue weighted by molar-refractivity contribution is 5.98. The van der Waals surface area contributed by atoms with Crippen LogP contribution >= 0.6 is 0 Å². The van der Waals surface area contributed by atoms with Gasteiger partial charge in [0.1, 0.15) is 0 Å². The monoisotopic (exact) mass is 465 g/mol. The Hall–Kier alpha value is -2.79. The van der Waals surface area contributed by atoms with Crippen LogP contribution in [0.4, 0.5) is 0 Å². The van der Waals surface area contributed by atoms with Gasteiger partial charge in [0.2, 0.25) is 0 Å². The van der Waals surface area contributed by atoms with Crippen molar-refractivity contribution in [3.63, 3.8) is 0 Å². The van der Waals surface area contributed by atoms with Crippen LogP contribution in [0.5, 0.6) is 11.5 Å². The summed E-state index contributed by atoms with van der Waals surface area (Å²) in [6, 6.07) is 16.5. The highest BCUT2D eigenvalue weighted by Gasteiger charge is 2.26. The van der Waals surface area contributed by atoms with Crippen molar-refractivity contribution < 1.29 is 19.0 Å². The van der Waals surface area contributed by atoms with E-state index in [1.807, 2.05) is 25.1 Å². The molecule has 0 bridgehead atoms. The molecule has 5 heteroatoms. The van der Waals surface area contributed by atoms with Gasteiger partial charge in [-0.2, -0.15) is 0 Å². The fourth-order valence-electron chi connectivity index (χ4n) is 4.10. The maximum Gasteiger partial charge on any atom is 0.335 e. The minimum absolute atomic E-state index is 0.230. The molecule has 2 aromatic rings. The molecule has 0 saturated carbocycles. The van der Waals surface area contributed by atoms with Gasteiger partial charge in [-0.3, -0.25) is 4.90 Å². The molecule has 5 nitrogen and oxygen atoms in total. The number of esters is 1. The summed E-state index contributed by atoms with van der Waals surface area (Å²) in [5.41, 5.74) is 4.04. The van der Waals surface area contributed by atoms with E-state index in [9.17, 15) is 4.79 Å². The van der Waals surface area contributed by atoms with Crippen molar-refractivity contribution in [3.8, 4) is 11.5 Å². The molecular formula is C29H39NO4. The van der Waals surface area contributed by atoms with E-state index in [0.717, 1.165) is 73.4 Å². The van der Waals surface area contributed by atoms with Gasteiger partial charge in [0.15, 0.2) is 11.5 Å². The minimum atomic E-state index is -0.230. The van der Waals surface area contributed by atoms with Gasteiger partial charge in [0, 0.05) is 19.6 Å². The molecule has 0 radical (unpaired) electrons.